The number of thioether (sulfide) groups is 2. The van der Waals surface area contributed by atoms with Crippen molar-refractivity contribution < 1.29 is 0 Å². The molecule has 1 aliphatic heterocycles. The van der Waals surface area contributed by atoms with Crippen LogP contribution in [0.2, 0.25) is 0 Å². The topological polar surface area (TPSA) is 12.0 Å². The van der Waals surface area contributed by atoms with Gasteiger partial charge in [-0.1, -0.05) is 12.8 Å². The van der Waals surface area contributed by atoms with Crippen molar-refractivity contribution in [3.63, 3.8) is 0 Å². The standard InChI is InChI=1S/C10H17NS2/c1-3-6-12-8-5-11-10-4-7-13-9(10)2/h1,9-11H,4-8H2,2H3. The molecule has 2 unspecified atom stereocenters. The maximum absolute atomic E-state index is 5.16. The van der Waals surface area contributed by atoms with Crippen molar-refractivity contribution in [3.8, 4) is 12.3 Å². The van der Waals surface area contributed by atoms with Crippen molar-refractivity contribution in [1.82, 2.24) is 5.32 Å². The predicted molar refractivity (Wildman–Crippen MR) is 64.5 cm³/mol. The van der Waals surface area contributed by atoms with Crippen LogP contribution in [0.15, 0.2) is 0 Å². The summed E-state index contributed by atoms with van der Waals surface area (Å²) in [5.74, 6) is 5.93. The lowest BCUT2D eigenvalue weighted by atomic mass is 10.2. The minimum atomic E-state index is 0.733. The molecule has 13 heavy (non-hydrogen) atoms. The molecule has 1 saturated heterocycles. The van der Waals surface area contributed by atoms with Crippen LogP contribution in [0.5, 0.6) is 0 Å². The Balaban J connectivity index is 1.96. The number of nitrogens with one attached hydrogen (secondary N) is 1. The van der Waals surface area contributed by atoms with Crippen molar-refractivity contribution in [3.05, 3.63) is 0 Å². The van der Waals surface area contributed by atoms with Gasteiger partial charge in [-0.05, 0) is 12.2 Å². The van der Waals surface area contributed by atoms with Gasteiger partial charge >= 0.3 is 0 Å². The van der Waals surface area contributed by atoms with E-state index < -0.39 is 0 Å². The molecular weight excluding hydrogens is 198 g/mol. The first-order chi connectivity index (χ1) is 6.34. The first kappa shape index (κ1) is 11.3. The zero-order chi connectivity index (χ0) is 9.52. The molecule has 1 fully saturated rings. The average molecular weight is 215 g/mol. The van der Waals surface area contributed by atoms with E-state index in [0.29, 0.717) is 0 Å². The summed E-state index contributed by atoms with van der Waals surface area (Å²) < 4.78 is 0. The highest BCUT2D eigenvalue weighted by molar-refractivity contribution is 8.00. The van der Waals surface area contributed by atoms with Crippen molar-refractivity contribution in [2.75, 3.05) is 23.8 Å². The summed E-state index contributed by atoms with van der Waals surface area (Å²) in [5, 5.41) is 4.37. The summed E-state index contributed by atoms with van der Waals surface area (Å²) in [6.07, 6.45) is 6.49. The van der Waals surface area contributed by atoms with Crippen LogP contribution in [0.4, 0.5) is 0 Å². The molecule has 1 N–H and O–H groups in total. The average Bonchev–Trinajstić information content (AvgIpc) is 2.52. The maximum Gasteiger partial charge on any atom is 0.0545 e. The predicted octanol–water partition coefficient (Wildman–Crippen LogP) is 1.84. The molecule has 2 atom stereocenters. The van der Waals surface area contributed by atoms with Gasteiger partial charge in [-0.2, -0.15) is 11.8 Å². The second-order valence-electron chi connectivity index (χ2n) is 3.18. The Bertz CT molecular complexity index is 176. The van der Waals surface area contributed by atoms with Crippen LogP contribution < -0.4 is 5.32 Å². The molecule has 0 aromatic carbocycles. The minimum absolute atomic E-state index is 0.733. The SMILES string of the molecule is C#CCSCCNC1CCSC1C. The Hall–Kier alpha value is 0.220. The van der Waals surface area contributed by atoms with Gasteiger partial charge in [-0.25, -0.2) is 0 Å². The van der Waals surface area contributed by atoms with Gasteiger partial charge in [0.25, 0.3) is 0 Å². The second kappa shape index (κ2) is 6.64. The summed E-state index contributed by atoms with van der Waals surface area (Å²) in [5.41, 5.74) is 0. The van der Waals surface area contributed by atoms with E-state index >= 15 is 0 Å². The number of hydrogen-bond acceptors (Lipinski definition) is 3. The normalized spacial score (nSPS) is 27.4. The molecule has 0 saturated carbocycles. The lowest BCUT2D eigenvalue weighted by molar-refractivity contribution is 0.532. The van der Waals surface area contributed by atoms with Crippen molar-refractivity contribution in [2.24, 2.45) is 0 Å². The van der Waals surface area contributed by atoms with Crippen LogP contribution in [0, 0.1) is 12.3 Å². The Morgan fingerprint density at radius 3 is 3.15 bits per heavy atom. The first-order valence-electron chi connectivity index (χ1n) is 4.71. The van der Waals surface area contributed by atoms with Gasteiger partial charge in [0.05, 0.1) is 5.75 Å². The highest BCUT2D eigenvalue weighted by Crippen LogP contribution is 2.25. The van der Waals surface area contributed by atoms with Crippen LogP contribution in [-0.4, -0.2) is 35.1 Å². The van der Waals surface area contributed by atoms with E-state index in [9.17, 15) is 0 Å². The van der Waals surface area contributed by atoms with Crippen LogP contribution in [0.25, 0.3) is 0 Å². The summed E-state index contributed by atoms with van der Waals surface area (Å²) in [4.78, 5) is 0. The van der Waals surface area contributed by atoms with Gasteiger partial charge in [-0.15, -0.1) is 18.2 Å². The van der Waals surface area contributed by atoms with Crippen LogP contribution >= 0.6 is 23.5 Å². The highest BCUT2D eigenvalue weighted by atomic mass is 32.2. The largest absolute Gasteiger partial charge is 0.312 e. The van der Waals surface area contributed by atoms with Gasteiger partial charge in [-0.3, -0.25) is 0 Å². The van der Waals surface area contributed by atoms with E-state index in [1.165, 1.54) is 12.2 Å². The van der Waals surface area contributed by atoms with Crippen molar-refractivity contribution in [2.45, 2.75) is 24.6 Å². The molecule has 0 aromatic heterocycles. The molecule has 0 spiro atoms. The molecule has 1 rings (SSSR count). The van der Waals surface area contributed by atoms with Crippen molar-refractivity contribution in [1.29, 1.82) is 0 Å². The van der Waals surface area contributed by atoms with E-state index in [2.05, 4.69) is 29.9 Å². The Morgan fingerprint density at radius 1 is 1.69 bits per heavy atom. The molecule has 0 aliphatic carbocycles. The van der Waals surface area contributed by atoms with Crippen molar-refractivity contribution >= 4 is 23.5 Å². The second-order valence-corrected chi connectivity index (χ2v) is 5.77. The molecule has 1 aliphatic rings. The van der Waals surface area contributed by atoms with Crippen LogP contribution in [-0.2, 0) is 0 Å². The molecule has 0 radical (unpaired) electrons. The molecular formula is C10H17NS2. The summed E-state index contributed by atoms with van der Waals surface area (Å²) >= 11 is 3.90. The fourth-order valence-corrected chi connectivity index (χ4v) is 3.20. The lowest BCUT2D eigenvalue weighted by Crippen LogP contribution is -2.34. The van der Waals surface area contributed by atoms with Gasteiger partial charge < -0.3 is 5.32 Å². The molecule has 0 amide bonds. The fraction of sp³-hybridized carbons (Fsp3) is 0.800. The van der Waals surface area contributed by atoms with Gasteiger partial charge in [0.2, 0.25) is 0 Å². The third-order valence-corrected chi connectivity index (χ3v) is 4.40. The molecule has 1 nitrogen and oxygen atoms in total. The smallest absolute Gasteiger partial charge is 0.0545 e. The Morgan fingerprint density at radius 2 is 2.54 bits per heavy atom. The quantitative estimate of drug-likeness (QED) is 0.555. The molecule has 0 bridgehead atoms. The van der Waals surface area contributed by atoms with E-state index in [4.69, 9.17) is 6.42 Å². The first-order valence-corrected chi connectivity index (χ1v) is 6.91. The van der Waals surface area contributed by atoms with Gasteiger partial charge in [0.15, 0.2) is 0 Å². The monoisotopic (exact) mass is 215 g/mol. The molecule has 74 valence electrons. The number of hydrogen-bond donors (Lipinski definition) is 1. The molecule has 0 aromatic rings. The summed E-state index contributed by atoms with van der Waals surface area (Å²) in [6.45, 7) is 3.41. The highest BCUT2D eigenvalue weighted by Gasteiger charge is 2.22. The van der Waals surface area contributed by atoms with Gasteiger partial charge in [0.1, 0.15) is 0 Å². The zero-order valence-corrected chi connectivity index (χ0v) is 9.72. The van der Waals surface area contributed by atoms with E-state index in [1.54, 1.807) is 0 Å². The number of terminal acetylenes is 1. The molecule has 1 heterocycles. The maximum atomic E-state index is 5.16. The Labute approximate surface area is 89.8 Å². The van der Waals surface area contributed by atoms with Gasteiger partial charge in [0, 0.05) is 23.6 Å². The summed E-state index contributed by atoms with van der Waals surface area (Å²) in [7, 11) is 0. The number of rotatable bonds is 5. The Kier molecular flexibility index (Phi) is 5.77. The molecule has 3 heteroatoms. The third-order valence-electron chi connectivity index (χ3n) is 2.21. The van der Waals surface area contributed by atoms with E-state index in [-0.39, 0.29) is 0 Å². The lowest BCUT2D eigenvalue weighted by Gasteiger charge is -2.15. The minimum Gasteiger partial charge on any atom is -0.312 e. The van der Waals surface area contributed by atoms with Crippen LogP contribution in [0.3, 0.4) is 0 Å². The van der Waals surface area contributed by atoms with E-state index in [1.807, 2.05) is 11.8 Å². The van der Waals surface area contributed by atoms with Crippen LogP contribution in [0.1, 0.15) is 13.3 Å². The third kappa shape index (κ3) is 4.30. The summed E-state index contributed by atoms with van der Waals surface area (Å²) in [6, 6.07) is 0.733. The zero-order valence-electron chi connectivity index (χ0n) is 8.08. The fourth-order valence-electron chi connectivity index (χ4n) is 1.45. The van der Waals surface area contributed by atoms with E-state index in [0.717, 1.165) is 29.3 Å².